The number of alkyl carbamates (subject to hydrolysis) is 1. The van der Waals surface area contributed by atoms with E-state index >= 15 is 0 Å². The van der Waals surface area contributed by atoms with Gasteiger partial charge in [0, 0.05) is 42.8 Å². The Balaban J connectivity index is 1.09. The van der Waals surface area contributed by atoms with Crippen LogP contribution in [0.5, 0.6) is 5.75 Å². The summed E-state index contributed by atoms with van der Waals surface area (Å²) in [7, 11) is 1.29. The molecule has 1 aliphatic heterocycles. The summed E-state index contributed by atoms with van der Waals surface area (Å²) in [5.74, 6) is -0.0217. The smallest absolute Gasteiger partial charge is 0.407 e. The van der Waals surface area contributed by atoms with Gasteiger partial charge < -0.3 is 34.7 Å². The van der Waals surface area contributed by atoms with Crippen LogP contribution in [0.4, 0.5) is 10.5 Å². The van der Waals surface area contributed by atoms with Gasteiger partial charge in [0.1, 0.15) is 24.5 Å². The highest BCUT2D eigenvalue weighted by atomic mass is 16.5. The highest BCUT2D eigenvalue weighted by Gasteiger charge is 2.33. The first-order chi connectivity index (χ1) is 24.1. The molecule has 2 amide bonds. The number of amides is 2. The van der Waals surface area contributed by atoms with E-state index in [4.69, 9.17) is 14.2 Å². The molecule has 10 nitrogen and oxygen atoms in total. The van der Waals surface area contributed by atoms with Crippen LogP contribution in [0.2, 0.25) is 0 Å². The van der Waals surface area contributed by atoms with E-state index in [9.17, 15) is 9.59 Å². The van der Waals surface area contributed by atoms with Crippen LogP contribution in [-0.2, 0) is 20.7 Å². The lowest BCUT2D eigenvalue weighted by molar-refractivity contribution is -0.118. The molecule has 252 valence electrons. The molecule has 1 aliphatic rings. The molecule has 2 heterocycles. The topological polar surface area (TPSA) is 116 Å². The third-order valence-corrected chi connectivity index (χ3v) is 8.61. The Bertz CT molecular complexity index is 1730. The number of para-hydroxylation sites is 1. The van der Waals surface area contributed by atoms with E-state index in [1.54, 1.807) is 12.5 Å². The molecule has 4 aromatic carbocycles. The number of aromatic nitrogens is 2. The molecule has 5 aromatic rings. The number of nitrogens with one attached hydrogen (secondary N) is 3. The van der Waals surface area contributed by atoms with Gasteiger partial charge in [-0.25, -0.2) is 9.78 Å². The van der Waals surface area contributed by atoms with Gasteiger partial charge in [-0.05, 0) is 59.9 Å². The molecule has 10 heteroatoms. The van der Waals surface area contributed by atoms with Gasteiger partial charge in [-0.1, -0.05) is 78.9 Å². The molecule has 0 aliphatic carbocycles. The van der Waals surface area contributed by atoms with Crippen molar-refractivity contribution in [2.45, 2.75) is 37.0 Å². The first kappa shape index (κ1) is 33.5. The van der Waals surface area contributed by atoms with E-state index < -0.39 is 18.1 Å². The van der Waals surface area contributed by atoms with Crippen LogP contribution in [0, 0.1) is 0 Å². The van der Waals surface area contributed by atoms with Gasteiger partial charge in [-0.2, -0.15) is 0 Å². The molecular formula is C39H41N5O5. The van der Waals surface area contributed by atoms with Gasteiger partial charge >= 0.3 is 6.09 Å². The monoisotopic (exact) mass is 659 g/mol. The zero-order valence-corrected chi connectivity index (χ0v) is 27.4. The largest absolute Gasteiger partial charge is 0.491 e. The quantitative estimate of drug-likeness (QED) is 0.148. The van der Waals surface area contributed by atoms with E-state index in [2.05, 4.69) is 20.9 Å². The number of hydrogen-bond donors (Lipinski definition) is 3. The fraction of sp³-hybridized carbons (Fsp3) is 0.256. The predicted octanol–water partition coefficient (Wildman–Crippen LogP) is 5.74. The van der Waals surface area contributed by atoms with Crippen molar-refractivity contribution in [2.75, 3.05) is 32.1 Å². The summed E-state index contributed by atoms with van der Waals surface area (Å²) in [6.45, 7) is 1.86. The fourth-order valence-corrected chi connectivity index (χ4v) is 6.13. The Morgan fingerprint density at radius 3 is 2.24 bits per heavy atom. The minimum atomic E-state index is -0.945. The average Bonchev–Trinajstić information content (AvgIpc) is 3.70. The molecule has 1 aromatic heterocycles. The van der Waals surface area contributed by atoms with Crippen molar-refractivity contribution >= 4 is 17.7 Å². The lowest BCUT2D eigenvalue weighted by Gasteiger charge is -2.31. The normalized spacial score (nSPS) is 16.4. The van der Waals surface area contributed by atoms with Crippen molar-refractivity contribution in [2.24, 2.45) is 0 Å². The molecule has 3 unspecified atom stereocenters. The first-order valence-electron chi connectivity index (χ1n) is 16.5. The van der Waals surface area contributed by atoms with Gasteiger partial charge in [0.2, 0.25) is 5.91 Å². The predicted molar refractivity (Wildman–Crippen MR) is 188 cm³/mol. The van der Waals surface area contributed by atoms with Crippen LogP contribution in [0.15, 0.2) is 128 Å². The van der Waals surface area contributed by atoms with Crippen LogP contribution in [0.25, 0.3) is 5.69 Å². The molecule has 1 saturated heterocycles. The SMILES string of the molecule is COC(=O)NC(C(=O)Nc1ccccc1CCC1CNCC(COc2ccc(-n3ccnc3)cc2)O1)C(c1ccccc1)c1ccccc1. The van der Waals surface area contributed by atoms with Crippen LogP contribution in [0.1, 0.15) is 29.0 Å². The highest BCUT2D eigenvalue weighted by molar-refractivity contribution is 5.98. The maximum atomic E-state index is 14.1. The Morgan fingerprint density at radius 1 is 0.898 bits per heavy atom. The lowest BCUT2D eigenvalue weighted by atomic mass is 9.84. The number of hydrogen-bond acceptors (Lipinski definition) is 7. The zero-order valence-electron chi connectivity index (χ0n) is 27.4. The van der Waals surface area contributed by atoms with Gasteiger partial charge in [-0.15, -0.1) is 0 Å². The van der Waals surface area contributed by atoms with Gasteiger partial charge in [-0.3, -0.25) is 4.79 Å². The number of anilines is 1. The van der Waals surface area contributed by atoms with Crippen molar-refractivity contribution in [1.29, 1.82) is 0 Å². The Kier molecular flexibility index (Phi) is 11.3. The molecular weight excluding hydrogens is 618 g/mol. The van der Waals surface area contributed by atoms with Crippen molar-refractivity contribution in [1.82, 2.24) is 20.2 Å². The maximum Gasteiger partial charge on any atom is 0.407 e. The number of rotatable bonds is 13. The number of methoxy groups -OCH3 is 1. The van der Waals surface area contributed by atoms with Gasteiger partial charge in [0.25, 0.3) is 0 Å². The number of aryl methyl sites for hydroxylation is 1. The fourth-order valence-electron chi connectivity index (χ4n) is 6.13. The number of carbonyl (C=O) groups excluding carboxylic acids is 2. The second-order valence-electron chi connectivity index (χ2n) is 11.9. The molecule has 0 saturated carbocycles. The zero-order chi connectivity index (χ0) is 33.8. The van der Waals surface area contributed by atoms with Crippen molar-refractivity contribution < 1.29 is 23.8 Å². The number of imidazole rings is 1. The van der Waals surface area contributed by atoms with Crippen LogP contribution >= 0.6 is 0 Å². The molecule has 0 bridgehead atoms. The number of benzene rings is 4. The van der Waals surface area contributed by atoms with E-state index in [1.807, 2.05) is 120 Å². The number of nitrogens with zero attached hydrogens (tertiary/aromatic N) is 2. The molecule has 0 spiro atoms. The Hall–Kier alpha value is -5.45. The second-order valence-corrected chi connectivity index (χ2v) is 11.9. The third kappa shape index (κ3) is 8.92. The second kappa shape index (κ2) is 16.6. The van der Waals surface area contributed by atoms with Crippen molar-refractivity contribution in [3.63, 3.8) is 0 Å². The van der Waals surface area contributed by atoms with Crippen LogP contribution in [-0.4, -0.2) is 66.6 Å². The molecule has 3 N–H and O–H groups in total. The molecule has 1 fully saturated rings. The van der Waals surface area contributed by atoms with Crippen LogP contribution < -0.4 is 20.7 Å². The molecule has 3 atom stereocenters. The van der Waals surface area contributed by atoms with E-state index in [-0.39, 0.29) is 18.1 Å². The summed E-state index contributed by atoms with van der Waals surface area (Å²) >= 11 is 0. The lowest BCUT2D eigenvalue weighted by Crippen LogP contribution is -2.48. The van der Waals surface area contributed by atoms with Crippen LogP contribution in [0.3, 0.4) is 0 Å². The molecule has 6 rings (SSSR count). The minimum absolute atomic E-state index is 0.0241. The minimum Gasteiger partial charge on any atom is -0.491 e. The number of morpholine rings is 1. The standard InChI is InChI=1S/C39H41N5O5/c1-47-39(46)43-37(36(29-11-4-2-5-12-29)30-13-6-3-7-14-30)38(45)42-35-15-9-8-10-28(35)16-19-33-24-41-25-34(49-33)26-48-32-20-17-31(18-21-32)44-23-22-40-27-44/h2-15,17-18,20-23,27,33-34,36-37,41H,16,19,24-26H2,1H3,(H,42,45)(H,43,46). The average molecular weight is 660 g/mol. The maximum absolute atomic E-state index is 14.1. The summed E-state index contributed by atoms with van der Waals surface area (Å²) < 4.78 is 19.3. The first-order valence-corrected chi connectivity index (χ1v) is 16.5. The molecule has 49 heavy (non-hydrogen) atoms. The number of ether oxygens (including phenoxy) is 3. The third-order valence-electron chi connectivity index (χ3n) is 8.61. The van der Waals surface area contributed by atoms with Crippen molar-refractivity contribution in [3.05, 3.63) is 145 Å². The summed E-state index contributed by atoms with van der Waals surface area (Å²) in [5.41, 5.74) is 4.46. The highest BCUT2D eigenvalue weighted by Crippen LogP contribution is 2.30. The van der Waals surface area contributed by atoms with Crippen molar-refractivity contribution in [3.8, 4) is 11.4 Å². The van der Waals surface area contributed by atoms with Gasteiger partial charge in [0.05, 0.1) is 19.5 Å². The summed E-state index contributed by atoms with van der Waals surface area (Å²) in [6, 6.07) is 34.1. The summed E-state index contributed by atoms with van der Waals surface area (Å²) in [4.78, 5) is 30.7. The van der Waals surface area contributed by atoms with E-state index in [1.165, 1.54) is 7.11 Å². The Labute approximate surface area is 286 Å². The van der Waals surface area contributed by atoms with E-state index in [0.29, 0.717) is 25.3 Å². The van der Waals surface area contributed by atoms with Gasteiger partial charge in [0.15, 0.2) is 0 Å². The summed E-state index contributed by atoms with van der Waals surface area (Å²) in [5, 5.41) is 9.40. The summed E-state index contributed by atoms with van der Waals surface area (Å²) in [6.07, 6.45) is 6.03. The molecule has 0 radical (unpaired) electrons. The number of carbonyl (C=O) groups is 2. The van der Waals surface area contributed by atoms with E-state index in [0.717, 1.165) is 41.1 Å². The Morgan fingerprint density at radius 2 is 1.57 bits per heavy atom.